The zero-order valence-corrected chi connectivity index (χ0v) is 14.2. The highest BCUT2D eigenvalue weighted by atomic mass is 35.5. The lowest BCUT2D eigenvalue weighted by atomic mass is 10.2. The van der Waals surface area contributed by atoms with Crippen molar-refractivity contribution >= 4 is 27.5 Å². The van der Waals surface area contributed by atoms with Gasteiger partial charge in [0.2, 0.25) is 0 Å². The highest BCUT2D eigenvalue weighted by Gasteiger charge is 2.24. The molecule has 1 amide bonds. The lowest BCUT2D eigenvalue weighted by Gasteiger charge is -2.12. The predicted molar refractivity (Wildman–Crippen MR) is 88.4 cm³/mol. The minimum absolute atomic E-state index is 0.000955. The van der Waals surface area contributed by atoms with Crippen LogP contribution in [0.1, 0.15) is 15.9 Å². The fraction of sp³-hybridized carbons (Fsp3) is 0.125. The number of benzene rings is 2. The molecule has 2 aromatic carbocycles. The van der Waals surface area contributed by atoms with Crippen molar-refractivity contribution in [1.29, 1.82) is 5.26 Å². The number of nitrogens with one attached hydrogen (secondary N) is 1. The molecular weight excluding hydrogens is 352 g/mol. The topological polar surface area (TPSA) is 96.3 Å². The number of rotatable bonds is 5. The molecule has 0 atom stereocenters. The van der Waals surface area contributed by atoms with Crippen molar-refractivity contribution < 1.29 is 17.9 Å². The van der Waals surface area contributed by atoms with Crippen LogP contribution in [-0.4, -0.2) is 20.9 Å². The average Bonchev–Trinajstić information content (AvgIpc) is 2.52. The maximum atomic E-state index is 12.5. The molecule has 0 aliphatic carbocycles. The van der Waals surface area contributed by atoms with Gasteiger partial charge in [-0.1, -0.05) is 35.9 Å². The van der Waals surface area contributed by atoms with Gasteiger partial charge in [-0.05, 0) is 30.7 Å². The van der Waals surface area contributed by atoms with Gasteiger partial charge in [0.15, 0.2) is 6.61 Å². The molecule has 0 aliphatic rings. The summed E-state index contributed by atoms with van der Waals surface area (Å²) >= 11 is 5.95. The van der Waals surface area contributed by atoms with E-state index in [0.717, 1.165) is 0 Å². The van der Waals surface area contributed by atoms with Crippen molar-refractivity contribution in [1.82, 2.24) is 4.72 Å². The molecule has 8 heteroatoms. The van der Waals surface area contributed by atoms with Crippen LogP contribution in [0.5, 0.6) is 5.75 Å². The molecule has 0 aliphatic heterocycles. The van der Waals surface area contributed by atoms with Crippen molar-refractivity contribution in [2.24, 2.45) is 0 Å². The summed E-state index contributed by atoms with van der Waals surface area (Å²) in [6.45, 7) is 1.32. The number of halogens is 1. The molecule has 0 spiro atoms. The van der Waals surface area contributed by atoms with Gasteiger partial charge < -0.3 is 4.74 Å². The molecule has 1 N–H and O–H groups in total. The molecule has 2 rings (SSSR count). The van der Waals surface area contributed by atoms with E-state index in [4.69, 9.17) is 21.6 Å². The third kappa shape index (κ3) is 3.85. The van der Waals surface area contributed by atoms with E-state index in [1.165, 1.54) is 18.2 Å². The lowest BCUT2D eigenvalue weighted by molar-refractivity contribution is 0.0978. The second kappa shape index (κ2) is 7.34. The molecule has 24 heavy (non-hydrogen) atoms. The number of amides is 1. The predicted octanol–water partition coefficient (Wildman–Crippen LogP) is 2.67. The van der Waals surface area contributed by atoms with E-state index in [0.29, 0.717) is 5.56 Å². The van der Waals surface area contributed by atoms with Crippen LogP contribution >= 0.6 is 11.6 Å². The molecule has 0 radical (unpaired) electrons. The average molecular weight is 365 g/mol. The number of aryl methyl sites for hydroxylation is 1. The highest BCUT2D eigenvalue weighted by Crippen LogP contribution is 2.25. The Kier molecular flexibility index (Phi) is 5.44. The van der Waals surface area contributed by atoms with Gasteiger partial charge in [-0.2, -0.15) is 5.26 Å². The fourth-order valence-electron chi connectivity index (χ4n) is 2.08. The first-order valence-corrected chi connectivity index (χ1v) is 8.64. The second-order valence-electron chi connectivity index (χ2n) is 4.76. The fourth-order valence-corrected chi connectivity index (χ4v) is 3.87. The van der Waals surface area contributed by atoms with E-state index < -0.39 is 15.9 Å². The summed E-state index contributed by atoms with van der Waals surface area (Å²) in [6.07, 6.45) is 0. The van der Waals surface area contributed by atoms with Gasteiger partial charge >= 0.3 is 0 Å². The molecule has 124 valence electrons. The summed E-state index contributed by atoms with van der Waals surface area (Å²) in [7, 11) is -4.16. The van der Waals surface area contributed by atoms with Gasteiger partial charge in [0.05, 0.1) is 10.6 Å². The molecule has 0 heterocycles. The summed E-state index contributed by atoms with van der Waals surface area (Å²) in [5.74, 6) is -0.759. The van der Waals surface area contributed by atoms with Gasteiger partial charge in [-0.15, -0.1) is 0 Å². The molecule has 0 saturated carbocycles. The molecule has 2 aromatic rings. The van der Waals surface area contributed by atoms with Crippen molar-refractivity contribution in [2.75, 3.05) is 6.61 Å². The Morgan fingerprint density at radius 1 is 1.25 bits per heavy atom. The standard InChI is InChI=1S/C16H13ClN2O4S/c1-11-5-4-7-13(17)15(11)24(21,22)19-16(20)12-6-2-3-8-14(12)23-10-9-18/h2-8H,10H2,1H3,(H,19,20). The number of nitriles is 1. The van der Waals surface area contributed by atoms with E-state index >= 15 is 0 Å². The van der Waals surface area contributed by atoms with E-state index in [1.807, 2.05) is 4.72 Å². The van der Waals surface area contributed by atoms with Crippen molar-refractivity contribution in [2.45, 2.75) is 11.8 Å². The monoisotopic (exact) mass is 364 g/mol. The van der Waals surface area contributed by atoms with Crippen molar-refractivity contribution in [3.8, 4) is 11.8 Å². The van der Waals surface area contributed by atoms with Crippen LogP contribution in [0.15, 0.2) is 47.4 Å². The first-order valence-electron chi connectivity index (χ1n) is 6.78. The van der Waals surface area contributed by atoms with E-state index in [-0.39, 0.29) is 27.8 Å². The van der Waals surface area contributed by atoms with Crippen LogP contribution in [0, 0.1) is 18.3 Å². The van der Waals surface area contributed by atoms with Gasteiger partial charge in [0, 0.05) is 0 Å². The Hall–Kier alpha value is -2.56. The third-order valence-corrected chi connectivity index (χ3v) is 5.04. The number of hydrogen-bond donors (Lipinski definition) is 1. The SMILES string of the molecule is Cc1cccc(Cl)c1S(=O)(=O)NC(=O)c1ccccc1OCC#N. The van der Waals surface area contributed by atoms with Crippen LogP contribution in [-0.2, 0) is 10.0 Å². The number of ether oxygens (including phenoxy) is 1. The summed E-state index contributed by atoms with van der Waals surface area (Å²) in [5, 5.41) is 8.59. The molecule has 0 unspecified atom stereocenters. The zero-order valence-electron chi connectivity index (χ0n) is 12.6. The molecule has 0 bridgehead atoms. The van der Waals surface area contributed by atoms with Crippen molar-refractivity contribution in [3.63, 3.8) is 0 Å². The van der Waals surface area contributed by atoms with Crippen LogP contribution in [0.3, 0.4) is 0 Å². The van der Waals surface area contributed by atoms with E-state index in [2.05, 4.69) is 0 Å². The normalized spacial score (nSPS) is 10.7. The molecule has 0 fully saturated rings. The smallest absolute Gasteiger partial charge is 0.268 e. The molecule has 0 aromatic heterocycles. The van der Waals surface area contributed by atoms with E-state index in [1.54, 1.807) is 37.3 Å². The lowest BCUT2D eigenvalue weighted by Crippen LogP contribution is -2.31. The minimum Gasteiger partial charge on any atom is -0.478 e. The van der Waals surface area contributed by atoms with Crippen molar-refractivity contribution in [3.05, 3.63) is 58.6 Å². The Balaban J connectivity index is 2.35. The first kappa shape index (κ1) is 17.8. The molecular formula is C16H13ClN2O4S. The van der Waals surface area contributed by atoms with Crippen LogP contribution in [0.2, 0.25) is 5.02 Å². The third-order valence-electron chi connectivity index (χ3n) is 3.08. The number of hydrogen-bond acceptors (Lipinski definition) is 5. The number of nitrogens with zero attached hydrogens (tertiary/aromatic N) is 1. The summed E-state index contributed by atoms with van der Waals surface area (Å²) in [6, 6.07) is 12.4. The Morgan fingerprint density at radius 2 is 1.96 bits per heavy atom. The Bertz CT molecular complexity index is 900. The van der Waals surface area contributed by atoms with Gasteiger partial charge in [-0.25, -0.2) is 13.1 Å². The molecule has 0 saturated heterocycles. The molecule has 6 nitrogen and oxygen atoms in total. The van der Waals surface area contributed by atoms with E-state index in [9.17, 15) is 13.2 Å². The number of sulfonamides is 1. The van der Waals surface area contributed by atoms with Gasteiger partial charge in [0.1, 0.15) is 16.7 Å². The largest absolute Gasteiger partial charge is 0.478 e. The maximum Gasteiger partial charge on any atom is 0.268 e. The summed E-state index contributed by atoms with van der Waals surface area (Å²) in [4.78, 5) is 12.2. The van der Waals surface area contributed by atoms with Crippen LogP contribution in [0.4, 0.5) is 0 Å². The quantitative estimate of drug-likeness (QED) is 0.879. The zero-order chi connectivity index (χ0) is 17.7. The Labute approximate surface area is 144 Å². The number of carbonyl (C=O) groups is 1. The second-order valence-corrected chi connectivity index (χ2v) is 6.79. The Morgan fingerprint density at radius 3 is 2.62 bits per heavy atom. The van der Waals surface area contributed by atoms with Crippen LogP contribution < -0.4 is 9.46 Å². The first-order chi connectivity index (χ1) is 11.4. The summed E-state index contributed by atoms with van der Waals surface area (Å²) in [5.41, 5.74) is 0.415. The van der Waals surface area contributed by atoms with Gasteiger partial charge in [-0.3, -0.25) is 4.79 Å². The highest BCUT2D eigenvalue weighted by molar-refractivity contribution is 7.90. The van der Waals surface area contributed by atoms with Gasteiger partial charge in [0.25, 0.3) is 15.9 Å². The number of para-hydroxylation sites is 1. The maximum absolute atomic E-state index is 12.5. The van der Waals surface area contributed by atoms with Crippen LogP contribution in [0.25, 0.3) is 0 Å². The number of carbonyl (C=O) groups excluding carboxylic acids is 1. The minimum atomic E-state index is -4.16. The summed E-state index contributed by atoms with van der Waals surface area (Å²) < 4.78 is 32.1.